The molecule has 4 rings (SSSR count). The first-order valence-electron chi connectivity index (χ1n) is 7.00. The highest BCUT2D eigenvalue weighted by atomic mass is 14.9. The molecule has 2 heterocycles. The quantitative estimate of drug-likeness (QED) is 0.562. The van der Waals surface area contributed by atoms with E-state index in [9.17, 15) is 0 Å². The molecule has 0 atom stereocenters. The van der Waals surface area contributed by atoms with Gasteiger partial charge in [-0.2, -0.15) is 0 Å². The van der Waals surface area contributed by atoms with E-state index in [-0.39, 0.29) is 0 Å². The lowest BCUT2D eigenvalue weighted by Crippen LogP contribution is -1.91. The van der Waals surface area contributed by atoms with Crippen LogP contribution in [0.25, 0.3) is 33.5 Å². The monoisotopic (exact) mass is 284 g/mol. The van der Waals surface area contributed by atoms with Gasteiger partial charge in [-0.25, -0.2) is 19.9 Å². The van der Waals surface area contributed by atoms with Gasteiger partial charge in [0.15, 0.2) is 11.6 Å². The van der Waals surface area contributed by atoms with E-state index in [1.165, 1.54) is 0 Å². The van der Waals surface area contributed by atoms with E-state index in [1.807, 2.05) is 36.4 Å². The first-order valence-corrected chi connectivity index (χ1v) is 7.00. The molecule has 0 aliphatic heterocycles. The van der Waals surface area contributed by atoms with Crippen molar-refractivity contribution in [2.24, 2.45) is 0 Å². The molecule has 104 valence electrons. The number of benzene rings is 2. The molecule has 4 nitrogen and oxygen atoms in total. The fourth-order valence-electron chi connectivity index (χ4n) is 2.58. The molecule has 0 aliphatic rings. The highest BCUT2D eigenvalue weighted by molar-refractivity contribution is 6.02. The van der Waals surface area contributed by atoms with Crippen LogP contribution in [0.4, 0.5) is 0 Å². The summed E-state index contributed by atoms with van der Waals surface area (Å²) in [6.45, 7) is 0. The number of hydrogen-bond acceptors (Lipinski definition) is 4. The van der Waals surface area contributed by atoms with E-state index >= 15 is 0 Å². The van der Waals surface area contributed by atoms with Crippen molar-refractivity contribution < 1.29 is 0 Å². The minimum atomic E-state index is 0.722. The molecule has 0 fully saturated rings. The fourth-order valence-corrected chi connectivity index (χ4v) is 2.58. The zero-order valence-corrected chi connectivity index (χ0v) is 11.7. The van der Waals surface area contributed by atoms with Gasteiger partial charge in [0.1, 0.15) is 0 Å². The normalized spacial score (nSPS) is 10.7. The van der Waals surface area contributed by atoms with Crippen LogP contribution >= 0.6 is 0 Å². The van der Waals surface area contributed by atoms with Gasteiger partial charge in [-0.1, -0.05) is 36.4 Å². The molecule has 0 radical (unpaired) electrons. The van der Waals surface area contributed by atoms with Crippen LogP contribution in [0, 0.1) is 0 Å². The Kier molecular flexibility index (Phi) is 3.05. The van der Waals surface area contributed by atoms with Crippen molar-refractivity contribution in [3.05, 3.63) is 73.3 Å². The van der Waals surface area contributed by atoms with E-state index in [4.69, 9.17) is 0 Å². The molecular formula is C18H12N4. The van der Waals surface area contributed by atoms with Crippen LogP contribution in [0.1, 0.15) is 0 Å². The van der Waals surface area contributed by atoms with Gasteiger partial charge in [-0.3, -0.25) is 0 Å². The SMILES string of the molecule is c1cnc(-c2cccc3c(-c4ncccn4)cccc23)nc1. The van der Waals surface area contributed by atoms with Gasteiger partial charge in [0, 0.05) is 35.9 Å². The first-order chi connectivity index (χ1) is 10.9. The second-order valence-electron chi connectivity index (χ2n) is 4.85. The second-order valence-corrected chi connectivity index (χ2v) is 4.85. The predicted molar refractivity (Wildman–Crippen MR) is 86.0 cm³/mol. The Morgan fingerprint density at radius 3 is 1.27 bits per heavy atom. The van der Waals surface area contributed by atoms with Crippen LogP contribution in [-0.4, -0.2) is 19.9 Å². The predicted octanol–water partition coefficient (Wildman–Crippen LogP) is 3.75. The maximum absolute atomic E-state index is 4.36. The molecule has 0 bridgehead atoms. The number of nitrogens with zero attached hydrogens (tertiary/aromatic N) is 4. The Morgan fingerprint density at radius 1 is 0.455 bits per heavy atom. The van der Waals surface area contributed by atoms with Crippen molar-refractivity contribution in [3.63, 3.8) is 0 Å². The summed E-state index contributed by atoms with van der Waals surface area (Å²) in [6, 6.07) is 15.9. The van der Waals surface area contributed by atoms with E-state index in [1.54, 1.807) is 24.8 Å². The summed E-state index contributed by atoms with van der Waals surface area (Å²) in [5, 5.41) is 2.19. The topological polar surface area (TPSA) is 51.6 Å². The van der Waals surface area contributed by atoms with Crippen molar-refractivity contribution in [1.82, 2.24) is 19.9 Å². The van der Waals surface area contributed by atoms with Crippen LogP contribution in [-0.2, 0) is 0 Å². The zero-order valence-electron chi connectivity index (χ0n) is 11.7. The number of rotatable bonds is 2. The van der Waals surface area contributed by atoms with E-state index in [0.717, 1.165) is 33.5 Å². The maximum Gasteiger partial charge on any atom is 0.159 e. The molecule has 0 unspecified atom stereocenters. The molecule has 0 saturated carbocycles. The summed E-state index contributed by atoms with van der Waals surface area (Å²) < 4.78 is 0. The number of hydrogen-bond donors (Lipinski definition) is 0. The van der Waals surface area contributed by atoms with Crippen molar-refractivity contribution in [1.29, 1.82) is 0 Å². The molecule has 0 N–H and O–H groups in total. The highest BCUT2D eigenvalue weighted by Gasteiger charge is 2.10. The van der Waals surface area contributed by atoms with Crippen molar-refractivity contribution in [3.8, 4) is 22.8 Å². The molecule has 0 aliphatic carbocycles. The summed E-state index contributed by atoms with van der Waals surface area (Å²) in [5.74, 6) is 1.44. The summed E-state index contributed by atoms with van der Waals surface area (Å²) in [4.78, 5) is 17.4. The Balaban J connectivity index is 2.00. The van der Waals surface area contributed by atoms with E-state index < -0.39 is 0 Å². The molecular weight excluding hydrogens is 272 g/mol. The van der Waals surface area contributed by atoms with Gasteiger partial charge in [0.05, 0.1) is 0 Å². The average molecular weight is 284 g/mol. The summed E-state index contributed by atoms with van der Waals surface area (Å²) in [5.41, 5.74) is 2.02. The third kappa shape index (κ3) is 2.11. The third-order valence-electron chi connectivity index (χ3n) is 3.54. The zero-order chi connectivity index (χ0) is 14.8. The molecule has 0 saturated heterocycles. The van der Waals surface area contributed by atoms with Crippen molar-refractivity contribution in [2.75, 3.05) is 0 Å². The lowest BCUT2D eigenvalue weighted by atomic mass is 9.99. The summed E-state index contributed by atoms with van der Waals surface area (Å²) in [6.07, 6.45) is 7.02. The lowest BCUT2D eigenvalue weighted by molar-refractivity contribution is 1.18. The van der Waals surface area contributed by atoms with Crippen LogP contribution < -0.4 is 0 Å². The van der Waals surface area contributed by atoms with Crippen molar-refractivity contribution in [2.45, 2.75) is 0 Å². The molecule has 22 heavy (non-hydrogen) atoms. The number of fused-ring (bicyclic) bond motifs is 1. The third-order valence-corrected chi connectivity index (χ3v) is 3.54. The average Bonchev–Trinajstić information content (AvgIpc) is 2.62. The molecule has 0 spiro atoms. The van der Waals surface area contributed by atoms with Crippen molar-refractivity contribution >= 4 is 10.8 Å². The van der Waals surface area contributed by atoms with Crippen LogP contribution in [0.15, 0.2) is 73.3 Å². The van der Waals surface area contributed by atoms with Gasteiger partial charge < -0.3 is 0 Å². The standard InChI is InChI=1S/C18H12N4/c1-5-13-14(15(7-1)17-19-9-3-10-20-17)6-2-8-16(13)18-21-11-4-12-22-18/h1-12H. The van der Waals surface area contributed by atoms with Crippen LogP contribution in [0.5, 0.6) is 0 Å². The smallest absolute Gasteiger partial charge is 0.159 e. The second kappa shape index (κ2) is 5.33. The van der Waals surface area contributed by atoms with E-state index in [2.05, 4.69) is 32.1 Å². The minimum absolute atomic E-state index is 0.722. The van der Waals surface area contributed by atoms with Gasteiger partial charge in [0.25, 0.3) is 0 Å². The molecule has 2 aromatic heterocycles. The Hall–Kier alpha value is -3.14. The lowest BCUT2D eigenvalue weighted by Gasteiger charge is -2.09. The number of aromatic nitrogens is 4. The Bertz CT molecular complexity index is 842. The molecule has 0 amide bonds. The highest BCUT2D eigenvalue weighted by Crippen LogP contribution is 2.31. The van der Waals surface area contributed by atoms with E-state index in [0.29, 0.717) is 0 Å². The minimum Gasteiger partial charge on any atom is -0.237 e. The molecule has 4 heteroatoms. The Morgan fingerprint density at radius 2 is 0.864 bits per heavy atom. The Labute approximate surface area is 127 Å². The maximum atomic E-state index is 4.36. The largest absolute Gasteiger partial charge is 0.237 e. The summed E-state index contributed by atoms with van der Waals surface area (Å²) in [7, 11) is 0. The summed E-state index contributed by atoms with van der Waals surface area (Å²) >= 11 is 0. The van der Waals surface area contributed by atoms with Gasteiger partial charge in [-0.05, 0) is 22.9 Å². The van der Waals surface area contributed by atoms with Gasteiger partial charge in [0.2, 0.25) is 0 Å². The van der Waals surface area contributed by atoms with Gasteiger partial charge in [-0.15, -0.1) is 0 Å². The molecule has 4 aromatic rings. The fraction of sp³-hybridized carbons (Fsp3) is 0. The molecule has 2 aromatic carbocycles. The first kappa shape index (κ1) is 12.6. The van der Waals surface area contributed by atoms with Crippen LogP contribution in [0.3, 0.4) is 0 Å². The van der Waals surface area contributed by atoms with Gasteiger partial charge >= 0.3 is 0 Å². The van der Waals surface area contributed by atoms with Crippen LogP contribution in [0.2, 0.25) is 0 Å².